The molecule has 13 heteroatoms. The molecule has 0 spiro atoms. The number of amides is 1. The van der Waals surface area contributed by atoms with Gasteiger partial charge in [-0.25, -0.2) is 31.5 Å². The molecule has 10 nitrogen and oxygen atoms in total. The lowest BCUT2D eigenvalue weighted by molar-refractivity contribution is -0.126. The molecule has 4 heterocycles. The van der Waals surface area contributed by atoms with E-state index in [1.807, 2.05) is 6.92 Å². The normalized spacial score (nSPS) is 15.7. The largest absolute Gasteiger partial charge is 0.355 e. The Morgan fingerprint density at radius 1 is 1.12 bits per heavy atom. The number of nitrogens with zero attached hydrogens (tertiary/aromatic N) is 6. The Morgan fingerprint density at radius 3 is 2.49 bits per heavy atom. The number of piperazine rings is 1. The van der Waals surface area contributed by atoms with Crippen molar-refractivity contribution in [3.05, 3.63) is 83.1 Å². The summed E-state index contributed by atoms with van der Waals surface area (Å²) < 4.78 is 58.5. The summed E-state index contributed by atoms with van der Waals surface area (Å²) in [7, 11) is -3.94. The van der Waals surface area contributed by atoms with Crippen LogP contribution in [0.2, 0.25) is 0 Å². The maximum Gasteiger partial charge on any atom is 0.355 e. The second-order valence-electron chi connectivity index (χ2n) is 10.6. The van der Waals surface area contributed by atoms with E-state index in [-0.39, 0.29) is 62.9 Å². The van der Waals surface area contributed by atoms with E-state index in [2.05, 4.69) is 21.5 Å². The maximum atomic E-state index is 15.8. The third-order valence-electron chi connectivity index (χ3n) is 7.54. The summed E-state index contributed by atoms with van der Waals surface area (Å²) in [5.41, 5.74) is -1.37. The number of hydrogen-bond acceptors (Lipinski definition) is 8. The first-order chi connectivity index (χ1) is 20.4. The molecule has 0 unspecified atom stereocenters. The topological polar surface area (TPSA) is 118 Å². The number of pyridine rings is 2. The molecule has 0 bridgehead atoms. The number of carbonyl (C=O) groups excluding carboxylic acids is 1. The summed E-state index contributed by atoms with van der Waals surface area (Å²) in [4.78, 5) is 42.4. The van der Waals surface area contributed by atoms with Gasteiger partial charge in [0.1, 0.15) is 23.1 Å². The van der Waals surface area contributed by atoms with Crippen molar-refractivity contribution in [2.24, 2.45) is 0 Å². The Morgan fingerprint density at radius 2 is 1.84 bits per heavy atom. The molecular formula is C30H30F2N6O4S. The number of carbonyl (C=O) groups is 1. The molecule has 0 aliphatic carbocycles. The van der Waals surface area contributed by atoms with Crippen LogP contribution in [0.3, 0.4) is 0 Å². The Bertz CT molecular complexity index is 1940. The number of hydrogen-bond donors (Lipinski definition) is 0. The Kier molecular flexibility index (Phi) is 7.86. The Hall–Kier alpha value is -4.52. The maximum absolute atomic E-state index is 15.8. The van der Waals surface area contributed by atoms with Gasteiger partial charge in [0.25, 0.3) is 0 Å². The van der Waals surface area contributed by atoms with Crippen molar-refractivity contribution in [1.29, 1.82) is 0 Å². The van der Waals surface area contributed by atoms with Gasteiger partial charge in [-0.3, -0.25) is 9.78 Å². The summed E-state index contributed by atoms with van der Waals surface area (Å²) in [6, 6.07) is 7.58. The number of halogens is 2. The fraction of sp³-hybridized carbons (Fsp3) is 0.300. The third-order valence-corrected chi connectivity index (χ3v) is 9.72. The monoisotopic (exact) mass is 608 g/mol. The predicted molar refractivity (Wildman–Crippen MR) is 159 cm³/mol. The molecule has 4 aromatic rings. The van der Waals surface area contributed by atoms with Crippen molar-refractivity contribution in [2.75, 3.05) is 24.5 Å². The first kappa shape index (κ1) is 30.0. The van der Waals surface area contributed by atoms with Crippen molar-refractivity contribution in [1.82, 2.24) is 24.4 Å². The number of benzene rings is 1. The van der Waals surface area contributed by atoms with Gasteiger partial charge in [-0.05, 0) is 58.0 Å². The third kappa shape index (κ3) is 5.18. The molecule has 5 rings (SSSR count). The predicted octanol–water partition coefficient (Wildman–Crippen LogP) is 3.83. The zero-order valence-electron chi connectivity index (χ0n) is 24.1. The van der Waals surface area contributed by atoms with E-state index in [1.165, 1.54) is 50.4 Å². The molecule has 1 fully saturated rings. The van der Waals surface area contributed by atoms with Crippen molar-refractivity contribution >= 4 is 32.6 Å². The van der Waals surface area contributed by atoms with E-state index >= 15 is 4.39 Å². The summed E-state index contributed by atoms with van der Waals surface area (Å²) in [5.74, 6) is -1.73. The molecule has 1 aromatic carbocycles. The van der Waals surface area contributed by atoms with Crippen LogP contribution in [0, 0.1) is 18.6 Å². The van der Waals surface area contributed by atoms with Crippen molar-refractivity contribution < 1.29 is 22.0 Å². The van der Waals surface area contributed by atoms with Crippen molar-refractivity contribution in [3.8, 4) is 16.9 Å². The lowest BCUT2D eigenvalue weighted by Crippen LogP contribution is -2.54. The first-order valence-corrected chi connectivity index (χ1v) is 15.2. The number of anilines is 1. The smallest absolute Gasteiger partial charge is 0.350 e. The number of rotatable bonds is 6. The molecule has 43 heavy (non-hydrogen) atoms. The average molecular weight is 609 g/mol. The minimum Gasteiger partial charge on any atom is -0.350 e. The van der Waals surface area contributed by atoms with Gasteiger partial charge in [0.05, 0.1) is 26.9 Å². The summed E-state index contributed by atoms with van der Waals surface area (Å²) in [6.07, 6.45) is 2.55. The lowest BCUT2D eigenvalue weighted by atomic mass is 10.1. The summed E-state index contributed by atoms with van der Waals surface area (Å²) in [5, 5.41) is -0.735. The van der Waals surface area contributed by atoms with Crippen molar-refractivity contribution in [2.45, 2.75) is 43.9 Å². The number of fused-ring (bicyclic) bond motifs is 1. The highest BCUT2D eigenvalue weighted by atomic mass is 32.2. The van der Waals surface area contributed by atoms with Crippen LogP contribution in [0.15, 0.2) is 64.9 Å². The van der Waals surface area contributed by atoms with Gasteiger partial charge in [0.15, 0.2) is 15.5 Å². The van der Waals surface area contributed by atoms with Gasteiger partial charge < -0.3 is 9.80 Å². The second-order valence-corrected chi connectivity index (χ2v) is 13.1. The lowest BCUT2D eigenvalue weighted by Gasteiger charge is -2.40. The van der Waals surface area contributed by atoms with Gasteiger partial charge >= 0.3 is 5.69 Å². The van der Waals surface area contributed by atoms with Gasteiger partial charge in [0.2, 0.25) is 5.91 Å². The van der Waals surface area contributed by atoms with Crippen LogP contribution in [0.1, 0.15) is 26.5 Å². The highest BCUT2D eigenvalue weighted by Crippen LogP contribution is 2.34. The minimum absolute atomic E-state index is 0.0710. The SMILES string of the molecule is C=CC(=O)N1CCN(c2nc(=O)n(-c3c(S(=O)(=O)C(C)C)ccnc3C)c3nc(-c4ccccc4F)c(F)cc23)[C@@H](C)C1. The van der Waals surface area contributed by atoms with E-state index in [1.54, 1.807) is 16.7 Å². The van der Waals surface area contributed by atoms with Crippen LogP contribution in [-0.2, 0) is 14.6 Å². The molecule has 224 valence electrons. The summed E-state index contributed by atoms with van der Waals surface area (Å²) >= 11 is 0. The Balaban J connectivity index is 1.85. The molecule has 1 aliphatic rings. The van der Waals surface area contributed by atoms with Crippen LogP contribution in [0.25, 0.3) is 28.0 Å². The average Bonchev–Trinajstić information content (AvgIpc) is 2.97. The fourth-order valence-electron chi connectivity index (χ4n) is 5.26. The molecule has 3 aromatic heterocycles. The molecule has 0 radical (unpaired) electrons. The van der Waals surface area contributed by atoms with E-state index in [4.69, 9.17) is 0 Å². The van der Waals surface area contributed by atoms with E-state index in [0.717, 1.165) is 16.7 Å². The number of sulfone groups is 1. The molecule has 1 aliphatic heterocycles. The van der Waals surface area contributed by atoms with Crippen molar-refractivity contribution in [3.63, 3.8) is 0 Å². The van der Waals surface area contributed by atoms with Crippen LogP contribution >= 0.6 is 0 Å². The van der Waals surface area contributed by atoms with Gasteiger partial charge in [-0.1, -0.05) is 18.7 Å². The van der Waals surface area contributed by atoms with Crippen LogP contribution < -0.4 is 10.6 Å². The fourth-order valence-corrected chi connectivity index (χ4v) is 6.53. The zero-order chi connectivity index (χ0) is 31.2. The summed E-state index contributed by atoms with van der Waals surface area (Å²) in [6.45, 7) is 10.8. The zero-order valence-corrected chi connectivity index (χ0v) is 24.9. The van der Waals surface area contributed by atoms with E-state index in [0.29, 0.717) is 13.1 Å². The van der Waals surface area contributed by atoms with Crippen LogP contribution in [0.5, 0.6) is 0 Å². The minimum atomic E-state index is -3.94. The van der Waals surface area contributed by atoms with Gasteiger partial charge in [-0.2, -0.15) is 4.98 Å². The molecule has 0 N–H and O–H groups in total. The number of aryl methyl sites for hydroxylation is 1. The molecule has 1 saturated heterocycles. The van der Waals surface area contributed by atoms with Crippen LogP contribution in [0.4, 0.5) is 14.6 Å². The van der Waals surface area contributed by atoms with Gasteiger partial charge in [-0.15, -0.1) is 0 Å². The number of aromatic nitrogens is 4. The first-order valence-electron chi connectivity index (χ1n) is 13.6. The standard InChI is InChI=1S/C30H30F2N6O4S/c1-6-25(39)36-13-14-37(18(4)16-36)28-21-15-23(32)26(20-9-7-8-10-22(20)31)34-29(21)38(30(40)35-28)27-19(5)33-12-11-24(27)43(41,42)17(2)3/h6-12,15,17-18H,1,13-14,16H2,2-5H3/t18-/m0/s1. The second kappa shape index (κ2) is 11.3. The molecule has 1 amide bonds. The molecular weight excluding hydrogens is 578 g/mol. The molecule has 0 saturated carbocycles. The Labute approximate surface area is 247 Å². The molecule has 1 atom stereocenters. The van der Waals surface area contributed by atoms with E-state index < -0.39 is 32.4 Å². The van der Waals surface area contributed by atoms with Crippen LogP contribution in [-0.4, -0.2) is 69.7 Å². The highest BCUT2D eigenvalue weighted by Gasteiger charge is 2.32. The highest BCUT2D eigenvalue weighted by molar-refractivity contribution is 7.92. The quantitative estimate of drug-likeness (QED) is 0.303. The van der Waals surface area contributed by atoms with E-state index in [9.17, 15) is 22.4 Å². The van der Waals surface area contributed by atoms with Gasteiger partial charge in [0, 0.05) is 37.4 Å².